The van der Waals surface area contributed by atoms with E-state index in [0.717, 1.165) is 31.1 Å². The molecule has 2 aromatic rings. The number of carbonyl (C=O) groups excluding carboxylic acids is 1. The molecule has 1 aliphatic carbocycles. The van der Waals surface area contributed by atoms with Gasteiger partial charge in [-0.15, -0.1) is 5.10 Å². The number of rotatable bonds is 4. The molecule has 1 aliphatic heterocycles. The van der Waals surface area contributed by atoms with Gasteiger partial charge in [-0.3, -0.25) is 4.79 Å². The van der Waals surface area contributed by atoms with Gasteiger partial charge in [0.2, 0.25) is 11.1 Å². The molecule has 138 valence electrons. The lowest BCUT2D eigenvalue weighted by Crippen LogP contribution is -2.45. The van der Waals surface area contributed by atoms with E-state index in [4.69, 9.17) is 11.6 Å². The summed E-state index contributed by atoms with van der Waals surface area (Å²) < 4.78 is 1.64. The van der Waals surface area contributed by atoms with Crippen molar-refractivity contribution in [2.75, 3.05) is 18.8 Å². The Morgan fingerprint density at radius 3 is 2.73 bits per heavy atom. The van der Waals surface area contributed by atoms with Crippen LogP contribution >= 0.6 is 23.4 Å². The predicted molar refractivity (Wildman–Crippen MR) is 102 cm³/mol. The maximum atomic E-state index is 12.7. The van der Waals surface area contributed by atoms with Crippen LogP contribution in [0.5, 0.6) is 0 Å². The highest BCUT2D eigenvalue weighted by Gasteiger charge is 2.32. The third kappa shape index (κ3) is 3.88. The maximum Gasteiger partial charge on any atom is 0.233 e. The normalized spacial score (nSPS) is 22.9. The molecule has 1 aromatic carbocycles. The van der Waals surface area contributed by atoms with Crippen LogP contribution in [0.3, 0.4) is 0 Å². The minimum absolute atomic E-state index is 0.185. The van der Waals surface area contributed by atoms with Gasteiger partial charge in [0.15, 0.2) is 0 Å². The molecule has 1 amide bonds. The van der Waals surface area contributed by atoms with Crippen LogP contribution in [0.15, 0.2) is 29.4 Å². The van der Waals surface area contributed by atoms with E-state index in [1.807, 2.05) is 17.0 Å². The fourth-order valence-corrected chi connectivity index (χ4v) is 4.98. The second kappa shape index (κ2) is 7.96. The average Bonchev–Trinajstić information content (AvgIpc) is 3.15. The molecule has 2 aliphatic rings. The number of thioether (sulfide) groups is 1. The lowest BCUT2D eigenvalue weighted by molar-refractivity contribution is -0.131. The zero-order valence-corrected chi connectivity index (χ0v) is 16.1. The number of fused-ring (bicyclic) bond motifs is 1. The predicted octanol–water partition coefficient (Wildman–Crippen LogP) is 3.45. The summed E-state index contributed by atoms with van der Waals surface area (Å²) in [5.74, 6) is 2.08. The SMILES string of the molecule is O=C(CSc1nnnn1-c1ccc(Cl)cc1)N1CC[C@H]2CCCC[C@H]2C1. The van der Waals surface area contributed by atoms with Gasteiger partial charge in [-0.25, -0.2) is 0 Å². The molecule has 0 radical (unpaired) electrons. The lowest BCUT2D eigenvalue weighted by Gasteiger charge is -2.41. The molecule has 1 saturated heterocycles. The Kier molecular flexibility index (Phi) is 5.45. The minimum atomic E-state index is 0.185. The number of nitrogens with zero attached hydrogens (tertiary/aromatic N) is 5. The molecule has 2 fully saturated rings. The smallest absolute Gasteiger partial charge is 0.233 e. The first-order valence-electron chi connectivity index (χ1n) is 9.15. The van der Waals surface area contributed by atoms with Gasteiger partial charge >= 0.3 is 0 Å². The Morgan fingerprint density at radius 2 is 1.92 bits per heavy atom. The van der Waals surface area contributed by atoms with E-state index in [-0.39, 0.29) is 5.91 Å². The largest absolute Gasteiger partial charge is 0.342 e. The fourth-order valence-electron chi connectivity index (χ4n) is 4.06. The van der Waals surface area contributed by atoms with Crippen molar-refractivity contribution in [3.05, 3.63) is 29.3 Å². The van der Waals surface area contributed by atoms with E-state index in [9.17, 15) is 4.79 Å². The monoisotopic (exact) mass is 391 g/mol. The highest BCUT2D eigenvalue weighted by atomic mass is 35.5. The Morgan fingerprint density at radius 1 is 1.15 bits per heavy atom. The molecule has 0 bridgehead atoms. The number of hydrogen-bond donors (Lipinski definition) is 0. The third-order valence-electron chi connectivity index (χ3n) is 5.48. The second-order valence-corrected chi connectivity index (χ2v) is 8.45. The number of likely N-dealkylation sites (tertiary alicyclic amines) is 1. The summed E-state index contributed by atoms with van der Waals surface area (Å²) in [5.41, 5.74) is 0.831. The number of benzene rings is 1. The lowest BCUT2D eigenvalue weighted by atomic mass is 9.75. The summed E-state index contributed by atoms with van der Waals surface area (Å²) >= 11 is 7.32. The molecule has 2 heterocycles. The van der Waals surface area contributed by atoms with Gasteiger partial charge < -0.3 is 4.90 Å². The van der Waals surface area contributed by atoms with Crippen molar-refractivity contribution in [3.8, 4) is 5.69 Å². The number of aromatic nitrogens is 4. The van der Waals surface area contributed by atoms with E-state index in [2.05, 4.69) is 15.5 Å². The number of tetrazole rings is 1. The molecular weight excluding hydrogens is 370 g/mol. The summed E-state index contributed by atoms with van der Waals surface area (Å²) in [6.07, 6.45) is 6.45. The topological polar surface area (TPSA) is 63.9 Å². The summed E-state index contributed by atoms with van der Waals surface area (Å²) in [6.45, 7) is 1.81. The van der Waals surface area contributed by atoms with Crippen LogP contribution in [0.25, 0.3) is 5.69 Å². The molecule has 26 heavy (non-hydrogen) atoms. The molecule has 6 nitrogen and oxygen atoms in total. The Hall–Kier alpha value is -1.60. The highest BCUT2D eigenvalue weighted by Crippen LogP contribution is 2.36. The van der Waals surface area contributed by atoms with Gasteiger partial charge in [0, 0.05) is 18.1 Å². The van der Waals surface area contributed by atoms with Gasteiger partial charge in [-0.1, -0.05) is 42.6 Å². The molecule has 8 heteroatoms. The van der Waals surface area contributed by atoms with E-state index < -0.39 is 0 Å². The van der Waals surface area contributed by atoms with Gasteiger partial charge in [-0.2, -0.15) is 4.68 Å². The van der Waals surface area contributed by atoms with Gasteiger partial charge in [0.05, 0.1) is 11.4 Å². The second-order valence-electron chi connectivity index (χ2n) is 7.07. The van der Waals surface area contributed by atoms with E-state index in [1.165, 1.54) is 37.4 Å². The first kappa shape index (κ1) is 17.8. The zero-order chi connectivity index (χ0) is 17.9. The highest BCUT2D eigenvalue weighted by molar-refractivity contribution is 7.99. The first-order chi connectivity index (χ1) is 12.7. The summed E-state index contributed by atoms with van der Waals surface area (Å²) in [6, 6.07) is 7.32. The Bertz CT molecular complexity index is 765. The van der Waals surface area contributed by atoms with E-state index in [1.54, 1.807) is 16.8 Å². The van der Waals surface area contributed by atoms with Crippen molar-refractivity contribution in [3.63, 3.8) is 0 Å². The number of amides is 1. The standard InChI is InChI=1S/C18H22ClN5OS/c19-15-5-7-16(8-6-15)24-18(20-21-22-24)26-12-17(25)23-10-9-13-3-1-2-4-14(13)11-23/h5-8,13-14H,1-4,9-12H2/t13-,14+/m1/s1. The van der Waals surface area contributed by atoms with E-state index in [0.29, 0.717) is 21.8 Å². The molecule has 0 N–H and O–H groups in total. The van der Waals surface area contributed by atoms with Crippen LogP contribution in [0.4, 0.5) is 0 Å². The van der Waals surface area contributed by atoms with Gasteiger partial charge in [-0.05, 0) is 59.4 Å². The van der Waals surface area contributed by atoms with Crippen molar-refractivity contribution >= 4 is 29.3 Å². The maximum absolute atomic E-state index is 12.7. The summed E-state index contributed by atoms with van der Waals surface area (Å²) in [7, 11) is 0. The van der Waals surface area contributed by atoms with Crippen molar-refractivity contribution in [1.29, 1.82) is 0 Å². The number of hydrogen-bond acceptors (Lipinski definition) is 5. The van der Waals surface area contributed by atoms with Crippen LogP contribution in [-0.2, 0) is 4.79 Å². The molecule has 0 unspecified atom stereocenters. The minimum Gasteiger partial charge on any atom is -0.342 e. The summed E-state index contributed by atoms with van der Waals surface area (Å²) in [4.78, 5) is 14.7. The van der Waals surface area contributed by atoms with Crippen molar-refractivity contribution in [2.24, 2.45) is 11.8 Å². The van der Waals surface area contributed by atoms with Crippen LogP contribution < -0.4 is 0 Å². The molecule has 1 aromatic heterocycles. The van der Waals surface area contributed by atoms with Crippen molar-refractivity contribution in [1.82, 2.24) is 25.1 Å². The van der Waals surface area contributed by atoms with Gasteiger partial charge in [0.25, 0.3) is 0 Å². The van der Waals surface area contributed by atoms with E-state index >= 15 is 0 Å². The average molecular weight is 392 g/mol. The number of carbonyl (C=O) groups is 1. The molecule has 1 saturated carbocycles. The van der Waals surface area contributed by atoms with Crippen molar-refractivity contribution in [2.45, 2.75) is 37.3 Å². The number of piperidine rings is 1. The molecule has 4 rings (SSSR count). The molecule has 2 atom stereocenters. The Labute approximate surface area is 162 Å². The third-order valence-corrected chi connectivity index (χ3v) is 6.64. The van der Waals surface area contributed by atoms with Crippen LogP contribution in [0.1, 0.15) is 32.1 Å². The van der Waals surface area contributed by atoms with Crippen LogP contribution in [0.2, 0.25) is 5.02 Å². The Balaban J connectivity index is 1.36. The summed E-state index contributed by atoms with van der Waals surface area (Å²) in [5, 5.41) is 13.1. The van der Waals surface area contributed by atoms with Crippen LogP contribution in [-0.4, -0.2) is 49.9 Å². The van der Waals surface area contributed by atoms with Crippen LogP contribution in [0, 0.1) is 11.8 Å². The zero-order valence-electron chi connectivity index (χ0n) is 14.6. The van der Waals surface area contributed by atoms with Gasteiger partial charge in [0.1, 0.15) is 0 Å². The first-order valence-corrected chi connectivity index (χ1v) is 10.5. The number of halogens is 1. The quantitative estimate of drug-likeness (QED) is 0.747. The fraction of sp³-hybridized carbons (Fsp3) is 0.556. The molecular formula is C18H22ClN5OS. The molecule has 0 spiro atoms. The van der Waals surface area contributed by atoms with Crippen molar-refractivity contribution < 1.29 is 4.79 Å².